The molecule has 8 aromatic carbocycles. The molecule has 314 valence electrons. The fourth-order valence-corrected chi connectivity index (χ4v) is 9.55. The Labute approximate surface area is 364 Å². The molecule has 0 saturated carbocycles. The number of benzene rings is 8. The van der Waals surface area contributed by atoms with Gasteiger partial charge in [-0.1, -0.05) is 113 Å². The number of hydrogen-bond donors (Lipinski definition) is 0. The predicted octanol–water partition coefficient (Wildman–Crippen LogP) is 16.0. The minimum atomic E-state index is -5.15. The van der Waals surface area contributed by atoms with Crippen LogP contribution in [0.4, 0.5) is 26.3 Å². The molecular formula is C55H37F6N3. The number of nitriles is 1. The van der Waals surface area contributed by atoms with Crippen molar-refractivity contribution in [3.8, 4) is 50.8 Å². The lowest BCUT2D eigenvalue weighted by molar-refractivity contribution is -0.142. The first kappa shape index (κ1) is 40.5. The molecule has 0 aliphatic carbocycles. The van der Waals surface area contributed by atoms with Gasteiger partial charge in [-0.3, -0.25) is 0 Å². The van der Waals surface area contributed by atoms with E-state index < -0.39 is 29.0 Å². The Balaban J connectivity index is 1.32. The maximum atomic E-state index is 15.1. The number of alkyl halides is 6. The fraction of sp³-hybridized carbons (Fsp3) is 0.109. The van der Waals surface area contributed by atoms with Crippen LogP contribution in [0.1, 0.15) is 38.9 Å². The number of nitrogens with zero attached hydrogens (tertiary/aromatic N) is 3. The van der Waals surface area contributed by atoms with Gasteiger partial charge >= 0.3 is 12.4 Å². The van der Waals surface area contributed by atoms with Crippen LogP contribution in [0.25, 0.3) is 88.4 Å². The van der Waals surface area contributed by atoms with Gasteiger partial charge in [0.15, 0.2) is 0 Å². The van der Waals surface area contributed by atoms with E-state index in [2.05, 4.69) is 54.6 Å². The molecule has 0 radical (unpaired) electrons. The van der Waals surface area contributed by atoms with Crippen LogP contribution in [0.5, 0.6) is 0 Å². The van der Waals surface area contributed by atoms with Crippen LogP contribution in [0.3, 0.4) is 0 Å². The molecule has 9 heteroatoms. The predicted molar refractivity (Wildman–Crippen MR) is 245 cm³/mol. The zero-order valence-corrected chi connectivity index (χ0v) is 35.0. The molecule has 0 aliphatic rings. The number of hydrogen-bond acceptors (Lipinski definition) is 1. The fourth-order valence-electron chi connectivity index (χ4n) is 9.55. The van der Waals surface area contributed by atoms with E-state index in [1.807, 2.05) is 110 Å². The molecule has 0 atom stereocenters. The zero-order valence-electron chi connectivity index (χ0n) is 35.0. The maximum absolute atomic E-state index is 15.1. The van der Waals surface area contributed by atoms with E-state index >= 15 is 13.2 Å². The van der Waals surface area contributed by atoms with Gasteiger partial charge in [-0.05, 0) is 122 Å². The van der Waals surface area contributed by atoms with Gasteiger partial charge in [0.25, 0.3) is 0 Å². The van der Waals surface area contributed by atoms with Crippen LogP contribution in [0.15, 0.2) is 152 Å². The molecule has 0 spiro atoms. The lowest BCUT2D eigenvalue weighted by atomic mass is 9.94. The highest BCUT2D eigenvalue weighted by Gasteiger charge is 2.39. The quantitative estimate of drug-likeness (QED) is 0.159. The number of halogens is 6. The van der Waals surface area contributed by atoms with Crippen molar-refractivity contribution in [2.24, 2.45) is 0 Å². The average Bonchev–Trinajstić information content (AvgIpc) is 3.76. The third kappa shape index (κ3) is 6.78. The van der Waals surface area contributed by atoms with E-state index in [9.17, 15) is 18.4 Å². The highest BCUT2D eigenvalue weighted by Crippen LogP contribution is 2.45. The van der Waals surface area contributed by atoms with Crippen LogP contribution in [0.2, 0.25) is 0 Å². The first-order valence-electron chi connectivity index (χ1n) is 20.7. The highest BCUT2D eigenvalue weighted by atomic mass is 19.4. The molecule has 0 amide bonds. The van der Waals surface area contributed by atoms with Crippen LogP contribution < -0.4 is 0 Å². The molecule has 0 aliphatic heterocycles. The van der Waals surface area contributed by atoms with E-state index in [4.69, 9.17) is 0 Å². The summed E-state index contributed by atoms with van der Waals surface area (Å²) in [5.74, 6) is 0. The summed E-state index contributed by atoms with van der Waals surface area (Å²) in [6.45, 7) is 8.15. The molecule has 0 saturated heterocycles. The van der Waals surface area contributed by atoms with Gasteiger partial charge in [0.2, 0.25) is 0 Å². The largest absolute Gasteiger partial charge is 0.417 e. The summed E-state index contributed by atoms with van der Waals surface area (Å²) in [4.78, 5) is 0. The van der Waals surface area contributed by atoms with Crippen molar-refractivity contribution in [3.63, 3.8) is 0 Å². The first-order valence-corrected chi connectivity index (χ1v) is 20.7. The maximum Gasteiger partial charge on any atom is 0.417 e. The minimum Gasteiger partial charge on any atom is -0.308 e. The van der Waals surface area contributed by atoms with E-state index in [-0.39, 0.29) is 28.6 Å². The van der Waals surface area contributed by atoms with Gasteiger partial charge in [-0.25, -0.2) is 0 Å². The molecule has 2 aromatic heterocycles. The molecule has 3 nitrogen and oxygen atoms in total. The molecular weight excluding hydrogens is 817 g/mol. The van der Waals surface area contributed by atoms with Gasteiger partial charge in [0.1, 0.15) is 11.6 Å². The van der Waals surface area contributed by atoms with Crippen molar-refractivity contribution in [1.29, 1.82) is 5.26 Å². The molecule has 10 rings (SSSR count). The summed E-state index contributed by atoms with van der Waals surface area (Å²) in [5.41, 5.74) is 8.53. The number of fused-ring (bicyclic) bond motifs is 6. The second kappa shape index (κ2) is 14.8. The Morgan fingerprint density at radius 2 is 0.844 bits per heavy atom. The van der Waals surface area contributed by atoms with Crippen LogP contribution in [-0.2, 0) is 12.4 Å². The molecule has 10 aromatic rings. The summed E-state index contributed by atoms with van der Waals surface area (Å²) in [6.07, 6.45) is -10.2. The Kier molecular flexibility index (Phi) is 9.35. The normalized spacial score (nSPS) is 12.2. The monoisotopic (exact) mass is 853 g/mol. The number of aryl methyl sites for hydroxylation is 4. The summed E-state index contributed by atoms with van der Waals surface area (Å²) >= 11 is 0. The third-order valence-corrected chi connectivity index (χ3v) is 12.1. The van der Waals surface area contributed by atoms with Crippen molar-refractivity contribution < 1.29 is 26.3 Å². The zero-order chi connectivity index (χ0) is 44.8. The Morgan fingerprint density at radius 1 is 0.406 bits per heavy atom. The average molecular weight is 854 g/mol. The lowest BCUT2D eigenvalue weighted by Gasteiger charge is -2.21. The summed E-state index contributed by atoms with van der Waals surface area (Å²) in [6, 6.07) is 47.1. The Hall–Kier alpha value is -7.57. The molecule has 2 heterocycles. The Morgan fingerprint density at radius 3 is 1.27 bits per heavy atom. The van der Waals surface area contributed by atoms with Gasteiger partial charge in [-0.2, -0.15) is 31.6 Å². The summed E-state index contributed by atoms with van der Waals surface area (Å²) in [5, 5.41) is 14.8. The second-order valence-electron chi connectivity index (χ2n) is 16.7. The summed E-state index contributed by atoms with van der Waals surface area (Å²) < 4.78 is 91.0. The van der Waals surface area contributed by atoms with Crippen LogP contribution >= 0.6 is 0 Å². The molecule has 0 N–H and O–H groups in total. The molecule has 64 heavy (non-hydrogen) atoms. The van der Waals surface area contributed by atoms with Crippen molar-refractivity contribution in [2.75, 3.05) is 0 Å². The standard InChI is InChI=1S/C55H37F6N3/c1-31-19-32(2)22-37(21-31)35-13-17-50-44(25-35)42-9-5-7-11-48(42)63(50)52-27-39(41-16-15-40(54(56,57)58)29-47(41)55(59,60)61)28-53(46(52)30-62)64-49-12-8-6-10-43(49)45-26-36(14-18-51(45)64)38-23-33(3)20-34(4)24-38/h5-29H,1-4H3. The SMILES string of the molecule is Cc1cc(C)cc(-c2ccc3c(c2)c2ccccc2n3-c2cc(-c3ccc(C(F)(F)F)cc3C(F)(F)F)cc(-n3c4ccccc4c4cc(-c5cc(C)cc(C)c5)ccc43)c2C#N)c1. The number of rotatable bonds is 5. The smallest absolute Gasteiger partial charge is 0.308 e. The van der Waals surface area contributed by atoms with Crippen molar-refractivity contribution in [2.45, 2.75) is 40.0 Å². The molecule has 0 unspecified atom stereocenters. The van der Waals surface area contributed by atoms with Crippen LogP contribution in [0, 0.1) is 39.0 Å². The third-order valence-electron chi connectivity index (χ3n) is 12.1. The highest BCUT2D eigenvalue weighted by molar-refractivity contribution is 6.12. The Bertz CT molecular complexity index is 3360. The van der Waals surface area contributed by atoms with Crippen LogP contribution in [-0.4, -0.2) is 9.13 Å². The topological polar surface area (TPSA) is 33.6 Å². The lowest BCUT2D eigenvalue weighted by Crippen LogP contribution is -2.12. The van der Waals surface area contributed by atoms with Gasteiger partial charge < -0.3 is 9.13 Å². The summed E-state index contributed by atoms with van der Waals surface area (Å²) in [7, 11) is 0. The molecule has 0 fully saturated rings. The van der Waals surface area contributed by atoms with Gasteiger partial charge in [0.05, 0.1) is 44.6 Å². The van der Waals surface area contributed by atoms with E-state index in [1.165, 1.54) is 12.1 Å². The van der Waals surface area contributed by atoms with E-state index in [0.29, 0.717) is 28.1 Å². The first-order chi connectivity index (χ1) is 30.6. The van der Waals surface area contributed by atoms with E-state index in [0.717, 1.165) is 72.1 Å². The van der Waals surface area contributed by atoms with Gasteiger partial charge in [-0.15, -0.1) is 0 Å². The number of aromatic nitrogens is 2. The van der Waals surface area contributed by atoms with E-state index in [1.54, 1.807) is 0 Å². The van der Waals surface area contributed by atoms with Gasteiger partial charge in [0, 0.05) is 21.5 Å². The second-order valence-corrected chi connectivity index (χ2v) is 16.7. The minimum absolute atomic E-state index is 0.0133. The number of para-hydroxylation sites is 2. The van der Waals surface area contributed by atoms with Crippen molar-refractivity contribution >= 4 is 43.6 Å². The van der Waals surface area contributed by atoms with Crippen molar-refractivity contribution in [3.05, 3.63) is 191 Å². The molecule has 0 bridgehead atoms. The van der Waals surface area contributed by atoms with Crippen molar-refractivity contribution in [1.82, 2.24) is 9.13 Å².